The Labute approximate surface area is 120 Å². The van der Waals surface area contributed by atoms with Gasteiger partial charge in [0.2, 0.25) is 0 Å². The van der Waals surface area contributed by atoms with Crippen molar-refractivity contribution in [3.05, 3.63) is 11.9 Å². The normalized spacial score (nSPS) is 12.3. The van der Waals surface area contributed by atoms with Crippen molar-refractivity contribution < 1.29 is 4.74 Å². The van der Waals surface area contributed by atoms with Crippen molar-refractivity contribution in [3.63, 3.8) is 0 Å². The minimum atomic E-state index is 0.426. The molecule has 1 heterocycles. The highest BCUT2D eigenvalue weighted by atomic mass is 32.2. The van der Waals surface area contributed by atoms with Crippen LogP contribution in [0.5, 0.6) is 0 Å². The molecule has 1 rings (SSSR count). The van der Waals surface area contributed by atoms with E-state index in [1.165, 1.54) is 0 Å². The summed E-state index contributed by atoms with van der Waals surface area (Å²) in [6.45, 7) is 5.28. The monoisotopic (exact) mass is 284 g/mol. The highest BCUT2D eigenvalue weighted by Gasteiger charge is 2.13. The third-order valence-corrected chi connectivity index (χ3v) is 3.70. The SMILES string of the molecule is CCOCc1nc(NC)cc(N(C)C(C)CSC)n1. The molecule has 0 fully saturated rings. The van der Waals surface area contributed by atoms with Crippen LogP contribution >= 0.6 is 11.8 Å². The second kappa shape index (κ2) is 8.22. The summed E-state index contributed by atoms with van der Waals surface area (Å²) in [5, 5.41) is 3.07. The van der Waals surface area contributed by atoms with Gasteiger partial charge in [0.15, 0.2) is 5.82 Å². The van der Waals surface area contributed by atoms with Crippen molar-refractivity contribution in [1.29, 1.82) is 0 Å². The molecule has 1 aromatic heterocycles. The van der Waals surface area contributed by atoms with Crippen LogP contribution in [0.3, 0.4) is 0 Å². The highest BCUT2D eigenvalue weighted by molar-refractivity contribution is 7.98. The fraction of sp³-hybridized carbons (Fsp3) is 0.692. The van der Waals surface area contributed by atoms with Gasteiger partial charge in [-0.05, 0) is 20.1 Å². The third kappa shape index (κ3) is 4.87. The van der Waals surface area contributed by atoms with Crippen LogP contribution in [0.15, 0.2) is 6.07 Å². The molecule has 1 N–H and O–H groups in total. The first-order chi connectivity index (χ1) is 9.12. The maximum atomic E-state index is 5.39. The standard InChI is InChI=1S/C13H24N4OS/c1-6-18-8-12-15-11(14-3)7-13(16-12)17(4)10(2)9-19-5/h7,10H,6,8-9H2,1-5H3,(H,14,15,16). The number of hydrogen-bond acceptors (Lipinski definition) is 6. The summed E-state index contributed by atoms with van der Waals surface area (Å²) >= 11 is 1.84. The largest absolute Gasteiger partial charge is 0.374 e. The summed E-state index contributed by atoms with van der Waals surface area (Å²) < 4.78 is 5.39. The maximum Gasteiger partial charge on any atom is 0.158 e. The molecule has 0 aliphatic carbocycles. The number of hydrogen-bond donors (Lipinski definition) is 1. The van der Waals surface area contributed by atoms with E-state index < -0.39 is 0 Å². The van der Waals surface area contributed by atoms with E-state index >= 15 is 0 Å². The highest BCUT2D eigenvalue weighted by Crippen LogP contribution is 2.18. The molecule has 0 aromatic carbocycles. The van der Waals surface area contributed by atoms with Gasteiger partial charge < -0.3 is 15.0 Å². The van der Waals surface area contributed by atoms with E-state index in [1.807, 2.05) is 31.8 Å². The van der Waals surface area contributed by atoms with Gasteiger partial charge in [0.25, 0.3) is 0 Å². The molecular weight excluding hydrogens is 260 g/mol. The Hall–Kier alpha value is -1.01. The zero-order chi connectivity index (χ0) is 14.3. The van der Waals surface area contributed by atoms with Gasteiger partial charge in [0, 0.05) is 38.6 Å². The average Bonchev–Trinajstić information content (AvgIpc) is 2.44. The lowest BCUT2D eigenvalue weighted by atomic mass is 10.3. The molecule has 1 aromatic rings. The summed E-state index contributed by atoms with van der Waals surface area (Å²) in [7, 11) is 3.93. The molecule has 0 bridgehead atoms. The molecule has 0 spiro atoms. The van der Waals surface area contributed by atoms with Crippen molar-refractivity contribution in [2.75, 3.05) is 42.9 Å². The van der Waals surface area contributed by atoms with Gasteiger partial charge in [0.1, 0.15) is 18.2 Å². The number of anilines is 2. The Morgan fingerprint density at radius 3 is 2.79 bits per heavy atom. The van der Waals surface area contributed by atoms with E-state index in [-0.39, 0.29) is 0 Å². The molecule has 1 atom stereocenters. The lowest BCUT2D eigenvalue weighted by Gasteiger charge is -2.26. The van der Waals surface area contributed by atoms with Gasteiger partial charge in [-0.25, -0.2) is 9.97 Å². The van der Waals surface area contributed by atoms with E-state index in [2.05, 4.69) is 40.4 Å². The molecule has 0 radical (unpaired) electrons. The van der Waals surface area contributed by atoms with Crippen LogP contribution in [0, 0.1) is 0 Å². The molecule has 0 saturated heterocycles. The number of ether oxygens (including phenoxy) is 1. The smallest absolute Gasteiger partial charge is 0.158 e. The summed E-state index contributed by atoms with van der Waals surface area (Å²) in [4.78, 5) is 11.1. The zero-order valence-electron chi connectivity index (χ0n) is 12.4. The molecule has 0 aliphatic heterocycles. The maximum absolute atomic E-state index is 5.39. The van der Waals surface area contributed by atoms with Gasteiger partial charge in [-0.15, -0.1) is 0 Å². The minimum absolute atomic E-state index is 0.426. The van der Waals surface area contributed by atoms with Crippen molar-refractivity contribution in [2.45, 2.75) is 26.5 Å². The Bertz CT molecular complexity index is 389. The second-order valence-electron chi connectivity index (χ2n) is 4.33. The van der Waals surface area contributed by atoms with Crippen LogP contribution in [0.2, 0.25) is 0 Å². The summed E-state index contributed by atoms with van der Waals surface area (Å²) in [6.07, 6.45) is 2.11. The van der Waals surface area contributed by atoms with Crippen molar-refractivity contribution in [1.82, 2.24) is 9.97 Å². The van der Waals surface area contributed by atoms with Gasteiger partial charge in [-0.2, -0.15) is 11.8 Å². The van der Waals surface area contributed by atoms with Crippen molar-refractivity contribution >= 4 is 23.4 Å². The number of nitrogens with one attached hydrogen (secondary N) is 1. The first kappa shape index (κ1) is 16.0. The van der Waals surface area contributed by atoms with E-state index in [4.69, 9.17) is 4.74 Å². The first-order valence-electron chi connectivity index (χ1n) is 6.47. The second-order valence-corrected chi connectivity index (χ2v) is 5.24. The van der Waals surface area contributed by atoms with E-state index in [9.17, 15) is 0 Å². The summed E-state index contributed by atoms with van der Waals surface area (Å²) in [5.41, 5.74) is 0. The minimum Gasteiger partial charge on any atom is -0.374 e. The van der Waals surface area contributed by atoms with Crippen LogP contribution in [-0.2, 0) is 11.3 Å². The quantitative estimate of drug-likeness (QED) is 0.790. The molecule has 0 aliphatic rings. The zero-order valence-corrected chi connectivity index (χ0v) is 13.3. The van der Waals surface area contributed by atoms with Gasteiger partial charge >= 0.3 is 0 Å². The summed E-state index contributed by atoms with van der Waals surface area (Å²) in [6, 6.07) is 2.39. The Morgan fingerprint density at radius 1 is 1.47 bits per heavy atom. The predicted molar refractivity (Wildman–Crippen MR) is 83.2 cm³/mol. The topological polar surface area (TPSA) is 50.3 Å². The number of aromatic nitrogens is 2. The molecule has 6 heteroatoms. The van der Waals surface area contributed by atoms with Crippen LogP contribution in [0.4, 0.5) is 11.6 Å². The molecule has 19 heavy (non-hydrogen) atoms. The summed E-state index contributed by atoms with van der Waals surface area (Å²) in [5.74, 6) is 3.53. The van der Waals surface area contributed by atoms with Gasteiger partial charge in [-0.3, -0.25) is 0 Å². The van der Waals surface area contributed by atoms with E-state index in [0.29, 0.717) is 25.1 Å². The van der Waals surface area contributed by atoms with Crippen LogP contribution < -0.4 is 10.2 Å². The van der Waals surface area contributed by atoms with Crippen molar-refractivity contribution in [3.8, 4) is 0 Å². The lowest BCUT2D eigenvalue weighted by molar-refractivity contribution is 0.128. The van der Waals surface area contributed by atoms with Crippen molar-refractivity contribution in [2.24, 2.45) is 0 Å². The number of thioether (sulfide) groups is 1. The van der Waals surface area contributed by atoms with Crippen LogP contribution in [-0.4, -0.2) is 48.7 Å². The molecule has 108 valence electrons. The average molecular weight is 284 g/mol. The molecular formula is C13H24N4OS. The Balaban J connectivity index is 2.91. The van der Waals surface area contributed by atoms with Gasteiger partial charge in [-0.1, -0.05) is 0 Å². The fourth-order valence-electron chi connectivity index (χ4n) is 1.63. The Morgan fingerprint density at radius 2 is 2.21 bits per heavy atom. The van der Waals surface area contributed by atoms with Crippen LogP contribution in [0.1, 0.15) is 19.7 Å². The molecule has 0 amide bonds. The van der Waals surface area contributed by atoms with Crippen LogP contribution in [0.25, 0.3) is 0 Å². The Kier molecular flexibility index (Phi) is 6.94. The number of nitrogens with zero attached hydrogens (tertiary/aromatic N) is 3. The molecule has 0 saturated carbocycles. The third-order valence-electron chi connectivity index (χ3n) is 2.88. The lowest BCUT2D eigenvalue weighted by Crippen LogP contribution is -2.32. The first-order valence-corrected chi connectivity index (χ1v) is 7.87. The van der Waals surface area contributed by atoms with Gasteiger partial charge in [0.05, 0.1) is 0 Å². The fourth-order valence-corrected chi connectivity index (χ4v) is 2.33. The molecule has 1 unspecified atom stereocenters. The van der Waals surface area contributed by atoms with E-state index in [0.717, 1.165) is 17.4 Å². The number of rotatable bonds is 8. The predicted octanol–water partition coefficient (Wildman–Crippen LogP) is 2.24. The van der Waals surface area contributed by atoms with E-state index in [1.54, 1.807) is 0 Å². The molecule has 5 nitrogen and oxygen atoms in total.